The molecule has 0 saturated carbocycles. The van der Waals surface area contributed by atoms with Crippen molar-refractivity contribution in [2.24, 2.45) is 5.73 Å². The van der Waals surface area contributed by atoms with Crippen LogP contribution in [-0.4, -0.2) is 38.9 Å². The maximum absolute atomic E-state index is 11.7. The highest BCUT2D eigenvalue weighted by molar-refractivity contribution is 5.91. The van der Waals surface area contributed by atoms with E-state index >= 15 is 0 Å². The summed E-state index contributed by atoms with van der Waals surface area (Å²) >= 11 is 0. The van der Waals surface area contributed by atoms with Gasteiger partial charge in [0.05, 0.1) is 19.6 Å². The van der Waals surface area contributed by atoms with E-state index in [1.807, 2.05) is 0 Å². The highest BCUT2D eigenvalue weighted by Crippen LogP contribution is 2.14. The molecule has 0 bridgehead atoms. The number of anilines is 2. The summed E-state index contributed by atoms with van der Waals surface area (Å²) in [6, 6.07) is 6.66. The molecule has 2 amide bonds. The Labute approximate surface area is 117 Å². The van der Waals surface area contributed by atoms with Gasteiger partial charge in [0.25, 0.3) is 0 Å². The number of hydrogen-bond acceptors (Lipinski definition) is 5. The molecule has 1 unspecified atom stereocenters. The SMILES string of the molecule is COC(=O)Nc1ccc(NC(=O)CC(CN)OC)cc1. The van der Waals surface area contributed by atoms with Gasteiger partial charge >= 0.3 is 6.09 Å². The molecule has 0 radical (unpaired) electrons. The fourth-order valence-electron chi connectivity index (χ4n) is 1.49. The molecule has 0 aliphatic heterocycles. The second kappa shape index (κ2) is 8.13. The summed E-state index contributed by atoms with van der Waals surface area (Å²) < 4.78 is 9.51. The third-order valence-electron chi connectivity index (χ3n) is 2.61. The molecule has 0 aliphatic carbocycles. The van der Waals surface area contributed by atoms with Gasteiger partial charge in [0.1, 0.15) is 0 Å². The fraction of sp³-hybridized carbons (Fsp3) is 0.385. The summed E-state index contributed by atoms with van der Waals surface area (Å²) in [5, 5.41) is 5.23. The first kappa shape index (κ1) is 15.9. The van der Waals surface area contributed by atoms with Crippen LogP contribution in [0, 0.1) is 0 Å². The van der Waals surface area contributed by atoms with Crippen molar-refractivity contribution < 1.29 is 19.1 Å². The minimum atomic E-state index is -0.548. The lowest BCUT2D eigenvalue weighted by atomic mass is 10.2. The van der Waals surface area contributed by atoms with Gasteiger partial charge in [0.2, 0.25) is 5.91 Å². The van der Waals surface area contributed by atoms with Crippen LogP contribution in [0.2, 0.25) is 0 Å². The standard InChI is InChI=1S/C13H19N3O4/c1-19-11(8-14)7-12(17)15-9-3-5-10(6-4-9)16-13(18)20-2/h3-6,11H,7-8,14H2,1-2H3,(H,15,17)(H,16,18). The van der Waals surface area contributed by atoms with Crippen molar-refractivity contribution in [1.29, 1.82) is 0 Å². The molecule has 1 aromatic rings. The Morgan fingerprint density at radius 1 is 1.15 bits per heavy atom. The molecular formula is C13H19N3O4. The normalized spacial score (nSPS) is 11.6. The smallest absolute Gasteiger partial charge is 0.411 e. The van der Waals surface area contributed by atoms with Crippen LogP contribution in [0.5, 0.6) is 0 Å². The Bertz CT molecular complexity index is 443. The number of ether oxygens (including phenoxy) is 2. The van der Waals surface area contributed by atoms with Crippen LogP contribution < -0.4 is 16.4 Å². The summed E-state index contributed by atoms with van der Waals surface area (Å²) in [6.07, 6.45) is -0.655. The average molecular weight is 281 g/mol. The van der Waals surface area contributed by atoms with Crippen molar-refractivity contribution in [3.05, 3.63) is 24.3 Å². The largest absolute Gasteiger partial charge is 0.453 e. The van der Waals surface area contributed by atoms with Gasteiger partial charge in [-0.2, -0.15) is 0 Å². The van der Waals surface area contributed by atoms with E-state index in [9.17, 15) is 9.59 Å². The predicted molar refractivity (Wildman–Crippen MR) is 75.6 cm³/mol. The molecule has 0 fully saturated rings. The van der Waals surface area contributed by atoms with Gasteiger partial charge in [-0.3, -0.25) is 10.1 Å². The van der Waals surface area contributed by atoms with Crippen LogP contribution in [0.25, 0.3) is 0 Å². The second-order valence-corrected chi connectivity index (χ2v) is 4.04. The van der Waals surface area contributed by atoms with E-state index in [4.69, 9.17) is 10.5 Å². The number of nitrogens with one attached hydrogen (secondary N) is 2. The van der Waals surface area contributed by atoms with Crippen molar-refractivity contribution in [1.82, 2.24) is 0 Å². The topological polar surface area (TPSA) is 103 Å². The lowest BCUT2D eigenvalue weighted by molar-refractivity contribution is -0.118. The van der Waals surface area contributed by atoms with E-state index in [2.05, 4.69) is 15.4 Å². The molecule has 0 aliphatic rings. The quantitative estimate of drug-likeness (QED) is 0.726. The number of methoxy groups -OCH3 is 2. The van der Waals surface area contributed by atoms with E-state index in [-0.39, 0.29) is 25.0 Å². The van der Waals surface area contributed by atoms with Crippen LogP contribution in [0.15, 0.2) is 24.3 Å². The first-order valence-corrected chi connectivity index (χ1v) is 6.06. The molecule has 20 heavy (non-hydrogen) atoms. The minimum absolute atomic E-state index is 0.184. The Morgan fingerprint density at radius 3 is 2.15 bits per heavy atom. The van der Waals surface area contributed by atoms with Crippen LogP contribution in [0.4, 0.5) is 16.2 Å². The molecule has 0 spiro atoms. The zero-order chi connectivity index (χ0) is 15.0. The van der Waals surface area contributed by atoms with E-state index in [0.717, 1.165) is 0 Å². The first-order valence-electron chi connectivity index (χ1n) is 6.06. The molecule has 1 rings (SSSR count). The van der Waals surface area contributed by atoms with Crippen molar-refractivity contribution >= 4 is 23.4 Å². The first-order chi connectivity index (χ1) is 9.58. The Balaban J connectivity index is 2.52. The van der Waals surface area contributed by atoms with Gasteiger partial charge in [-0.15, -0.1) is 0 Å². The molecule has 0 saturated heterocycles. The predicted octanol–water partition coefficient (Wildman–Crippen LogP) is 1.17. The van der Waals surface area contributed by atoms with Crippen molar-refractivity contribution in [3.63, 3.8) is 0 Å². The summed E-state index contributed by atoms with van der Waals surface area (Å²) in [4.78, 5) is 22.7. The van der Waals surface area contributed by atoms with Gasteiger partial charge in [-0.1, -0.05) is 0 Å². The molecule has 0 aromatic heterocycles. The van der Waals surface area contributed by atoms with Gasteiger partial charge < -0.3 is 20.5 Å². The Morgan fingerprint density at radius 2 is 1.70 bits per heavy atom. The minimum Gasteiger partial charge on any atom is -0.453 e. The number of carbonyl (C=O) groups is 2. The number of rotatable bonds is 6. The van der Waals surface area contributed by atoms with Crippen molar-refractivity contribution in [2.45, 2.75) is 12.5 Å². The van der Waals surface area contributed by atoms with Crippen molar-refractivity contribution in [2.75, 3.05) is 31.4 Å². The van der Waals surface area contributed by atoms with Gasteiger partial charge in [0.15, 0.2) is 0 Å². The summed E-state index contributed by atoms with van der Waals surface area (Å²) in [6.45, 7) is 0.284. The molecule has 1 aromatic carbocycles. The molecule has 7 nitrogen and oxygen atoms in total. The fourth-order valence-corrected chi connectivity index (χ4v) is 1.49. The second-order valence-electron chi connectivity index (χ2n) is 4.04. The van der Waals surface area contributed by atoms with Gasteiger partial charge in [0, 0.05) is 25.0 Å². The number of carbonyl (C=O) groups excluding carboxylic acids is 2. The third kappa shape index (κ3) is 5.25. The lowest BCUT2D eigenvalue weighted by Gasteiger charge is -2.12. The highest BCUT2D eigenvalue weighted by Gasteiger charge is 2.11. The number of benzene rings is 1. The summed E-state index contributed by atoms with van der Waals surface area (Å²) in [7, 11) is 2.80. The average Bonchev–Trinajstić information content (AvgIpc) is 2.46. The zero-order valence-electron chi connectivity index (χ0n) is 11.5. The number of hydrogen-bond donors (Lipinski definition) is 3. The molecule has 110 valence electrons. The van der Waals surface area contributed by atoms with E-state index < -0.39 is 6.09 Å². The molecule has 0 heterocycles. The molecule has 1 atom stereocenters. The maximum atomic E-state index is 11.7. The van der Waals surface area contributed by atoms with Crippen LogP contribution in [-0.2, 0) is 14.3 Å². The van der Waals surface area contributed by atoms with Crippen LogP contribution >= 0.6 is 0 Å². The van der Waals surface area contributed by atoms with Crippen LogP contribution in [0.1, 0.15) is 6.42 Å². The van der Waals surface area contributed by atoms with Gasteiger partial charge in [-0.25, -0.2) is 4.79 Å². The summed E-state index contributed by atoms with van der Waals surface area (Å²) in [5.74, 6) is -0.184. The van der Waals surface area contributed by atoms with Crippen molar-refractivity contribution in [3.8, 4) is 0 Å². The third-order valence-corrected chi connectivity index (χ3v) is 2.61. The van der Waals surface area contributed by atoms with E-state index in [1.165, 1.54) is 14.2 Å². The van der Waals surface area contributed by atoms with Crippen LogP contribution in [0.3, 0.4) is 0 Å². The zero-order valence-corrected chi connectivity index (χ0v) is 11.5. The number of nitrogens with two attached hydrogens (primary N) is 1. The Kier molecular flexibility index (Phi) is 6.48. The number of amides is 2. The highest BCUT2D eigenvalue weighted by atomic mass is 16.5. The Hall–Kier alpha value is -2.12. The van der Waals surface area contributed by atoms with E-state index in [1.54, 1.807) is 24.3 Å². The molecule has 7 heteroatoms. The molecular weight excluding hydrogens is 262 g/mol. The lowest BCUT2D eigenvalue weighted by Crippen LogP contribution is -2.28. The molecule has 4 N–H and O–H groups in total. The van der Waals surface area contributed by atoms with Gasteiger partial charge in [-0.05, 0) is 24.3 Å². The van der Waals surface area contributed by atoms with E-state index in [0.29, 0.717) is 11.4 Å². The maximum Gasteiger partial charge on any atom is 0.411 e. The monoisotopic (exact) mass is 281 g/mol. The summed E-state index contributed by atoms with van der Waals surface area (Å²) in [5.41, 5.74) is 6.65.